The molecule has 0 unspecified atom stereocenters. The maximum absolute atomic E-state index is 11.8. The van der Waals surface area contributed by atoms with Crippen molar-refractivity contribution in [2.75, 3.05) is 19.0 Å². The highest BCUT2D eigenvalue weighted by molar-refractivity contribution is 5.96. The minimum Gasteiger partial charge on any atom is -0.497 e. The summed E-state index contributed by atoms with van der Waals surface area (Å²) < 4.78 is 7.52. The zero-order chi connectivity index (χ0) is 20.8. The monoisotopic (exact) mass is 388 g/mol. The zero-order valence-corrected chi connectivity index (χ0v) is 16.7. The topological polar surface area (TPSA) is 79.1 Å². The normalized spacial score (nSPS) is 10.4. The Labute approximate surface area is 170 Å². The van der Waals surface area contributed by atoms with Gasteiger partial charge in [0.15, 0.2) is 0 Å². The van der Waals surface area contributed by atoms with Gasteiger partial charge in [-0.25, -0.2) is 4.79 Å². The summed E-state index contributed by atoms with van der Waals surface area (Å²) in [4.78, 5) is 11.8. The third-order valence-corrected chi connectivity index (χ3v) is 4.65. The summed E-state index contributed by atoms with van der Waals surface area (Å²) in [6.07, 6.45) is 2.56. The summed E-state index contributed by atoms with van der Waals surface area (Å²) in [6, 6.07) is 15.4. The predicted octanol–water partition coefficient (Wildman–Crippen LogP) is 4.91. The molecule has 0 aliphatic rings. The van der Waals surface area contributed by atoms with E-state index < -0.39 is 0 Å². The number of nitrogens with zero attached hydrogens (tertiary/aromatic N) is 2. The summed E-state index contributed by atoms with van der Waals surface area (Å²) in [6.45, 7) is 6.88. The number of hydrogen-bond donors (Lipinski definition) is 2. The molecule has 6 nitrogen and oxygen atoms in total. The highest BCUT2D eigenvalue weighted by Gasteiger charge is 2.19. The van der Waals surface area contributed by atoms with Crippen molar-refractivity contribution < 1.29 is 9.53 Å². The molecule has 0 aliphatic carbocycles. The van der Waals surface area contributed by atoms with Crippen LogP contribution >= 0.6 is 0 Å². The Kier molecular flexibility index (Phi) is 6.20. The fraction of sp³-hybridized carbons (Fsp3) is 0.217. The Bertz CT molecular complexity index is 1070. The summed E-state index contributed by atoms with van der Waals surface area (Å²) in [5.74, 6) is 0.722. The number of aromatic nitrogens is 1. The molecule has 0 saturated carbocycles. The van der Waals surface area contributed by atoms with Gasteiger partial charge >= 0.3 is 6.03 Å². The van der Waals surface area contributed by atoms with Crippen molar-refractivity contribution in [1.29, 1.82) is 5.26 Å². The van der Waals surface area contributed by atoms with Crippen LogP contribution in [0.15, 0.2) is 55.1 Å². The number of carbonyl (C=O) groups excluding carboxylic acids is 1. The van der Waals surface area contributed by atoms with Crippen LogP contribution in [0.1, 0.15) is 18.9 Å². The Morgan fingerprint density at radius 3 is 2.66 bits per heavy atom. The third kappa shape index (κ3) is 4.09. The zero-order valence-electron chi connectivity index (χ0n) is 16.7. The molecule has 0 radical (unpaired) electrons. The van der Waals surface area contributed by atoms with Gasteiger partial charge in [0, 0.05) is 24.2 Å². The number of methoxy groups -OCH3 is 1. The van der Waals surface area contributed by atoms with E-state index in [0.717, 1.165) is 40.9 Å². The Balaban J connectivity index is 2.04. The highest BCUT2D eigenvalue weighted by Crippen LogP contribution is 2.36. The first-order valence-electron chi connectivity index (χ1n) is 9.49. The lowest BCUT2D eigenvalue weighted by Gasteiger charge is -2.11. The number of nitrogens with one attached hydrogen (secondary N) is 2. The van der Waals surface area contributed by atoms with Crippen molar-refractivity contribution in [2.24, 2.45) is 0 Å². The lowest BCUT2D eigenvalue weighted by Crippen LogP contribution is -2.28. The van der Waals surface area contributed by atoms with E-state index in [0.29, 0.717) is 17.8 Å². The first-order chi connectivity index (χ1) is 14.1. The molecule has 2 amide bonds. The van der Waals surface area contributed by atoms with Crippen LogP contribution in [0.25, 0.3) is 22.2 Å². The van der Waals surface area contributed by atoms with Crippen molar-refractivity contribution in [3.63, 3.8) is 0 Å². The van der Waals surface area contributed by atoms with Gasteiger partial charge in [0.1, 0.15) is 11.8 Å². The molecule has 1 heterocycles. The van der Waals surface area contributed by atoms with Gasteiger partial charge in [0.25, 0.3) is 0 Å². The van der Waals surface area contributed by atoms with Crippen LogP contribution in [-0.2, 0) is 6.54 Å². The third-order valence-electron chi connectivity index (χ3n) is 4.65. The van der Waals surface area contributed by atoms with E-state index in [2.05, 4.69) is 34.8 Å². The largest absolute Gasteiger partial charge is 0.497 e. The lowest BCUT2D eigenvalue weighted by molar-refractivity contribution is 0.253. The van der Waals surface area contributed by atoms with Crippen molar-refractivity contribution in [2.45, 2.75) is 19.9 Å². The fourth-order valence-electron chi connectivity index (χ4n) is 3.38. The minimum atomic E-state index is -0.289. The average molecular weight is 388 g/mol. The molecule has 0 bridgehead atoms. The van der Waals surface area contributed by atoms with Crippen LogP contribution in [0, 0.1) is 11.3 Å². The molecule has 148 valence electrons. The molecule has 2 N–H and O–H groups in total. The number of ether oxygens (including phenoxy) is 1. The SMILES string of the molecule is C=CCNC(=O)Nc1ccc(-c2c(C#N)c3cc(OC)ccc3n2CCC)cc1. The number of urea groups is 1. The van der Waals surface area contributed by atoms with Gasteiger partial charge in [-0.2, -0.15) is 5.26 Å². The second-order valence-corrected chi connectivity index (χ2v) is 6.57. The Morgan fingerprint density at radius 1 is 1.28 bits per heavy atom. The van der Waals surface area contributed by atoms with Crippen molar-refractivity contribution in [3.05, 3.63) is 60.7 Å². The number of amides is 2. The molecule has 3 rings (SSSR count). The molecule has 0 atom stereocenters. The molecule has 3 aromatic rings. The molecule has 0 aliphatic heterocycles. The fourth-order valence-corrected chi connectivity index (χ4v) is 3.38. The lowest BCUT2D eigenvalue weighted by atomic mass is 10.1. The molecule has 29 heavy (non-hydrogen) atoms. The van der Waals surface area contributed by atoms with Gasteiger partial charge in [0.05, 0.1) is 23.9 Å². The highest BCUT2D eigenvalue weighted by atomic mass is 16.5. The van der Waals surface area contributed by atoms with Crippen LogP contribution in [0.3, 0.4) is 0 Å². The number of carbonyl (C=O) groups is 1. The summed E-state index contributed by atoms with van der Waals surface area (Å²) >= 11 is 0. The molecule has 6 heteroatoms. The van der Waals surface area contributed by atoms with Gasteiger partial charge < -0.3 is 19.9 Å². The van der Waals surface area contributed by atoms with E-state index in [1.807, 2.05) is 42.5 Å². The molecule has 0 saturated heterocycles. The number of anilines is 1. The van der Waals surface area contributed by atoms with E-state index >= 15 is 0 Å². The van der Waals surface area contributed by atoms with Gasteiger partial charge in [-0.05, 0) is 42.3 Å². The second-order valence-electron chi connectivity index (χ2n) is 6.57. The molecular weight excluding hydrogens is 364 g/mol. The van der Waals surface area contributed by atoms with E-state index in [1.165, 1.54) is 0 Å². The quantitative estimate of drug-likeness (QED) is 0.565. The van der Waals surface area contributed by atoms with E-state index in [1.54, 1.807) is 13.2 Å². The molecular formula is C23H24N4O2. The molecule has 0 spiro atoms. The molecule has 0 fully saturated rings. The molecule has 2 aromatic carbocycles. The standard InChI is InChI=1S/C23H24N4O2/c1-4-12-25-23(28)26-17-8-6-16(7-9-17)22-20(15-24)19-14-18(29-3)10-11-21(19)27(22)13-5-2/h4,6-11,14H,1,5,12-13H2,2-3H3,(H2,25,26,28). The number of benzene rings is 2. The second kappa shape index (κ2) is 8.98. The Hall–Kier alpha value is -3.72. The predicted molar refractivity (Wildman–Crippen MR) is 116 cm³/mol. The van der Waals surface area contributed by atoms with Gasteiger partial charge in [-0.1, -0.05) is 25.1 Å². The van der Waals surface area contributed by atoms with Crippen LogP contribution in [-0.4, -0.2) is 24.3 Å². The van der Waals surface area contributed by atoms with Gasteiger partial charge in [-0.15, -0.1) is 6.58 Å². The number of hydrogen-bond acceptors (Lipinski definition) is 3. The van der Waals surface area contributed by atoms with E-state index in [-0.39, 0.29) is 6.03 Å². The first kappa shape index (κ1) is 20.0. The number of fused-ring (bicyclic) bond motifs is 1. The van der Waals surface area contributed by atoms with Crippen LogP contribution < -0.4 is 15.4 Å². The van der Waals surface area contributed by atoms with Crippen LogP contribution in [0.5, 0.6) is 5.75 Å². The summed E-state index contributed by atoms with van der Waals surface area (Å²) in [5.41, 5.74) is 4.10. The van der Waals surface area contributed by atoms with E-state index in [9.17, 15) is 10.1 Å². The Morgan fingerprint density at radius 2 is 2.03 bits per heavy atom. The van der Waals surface area contributed by atoms with Crippen LogP contribution in [0.4, 0.5) is 10.5 Å². The maximum atomic E-state index is 11.8. The van der Waals surface area contributed by atoms with Crippen LogP contribution in [0.2, 0.25) is 0 Å². The number of nitriles is 1. The van der Waals surface area contributed by atoms with Gasteiger partial charge in [0.2, 0.25) is 0 Å². The number of rotatable bonds is 7. The maximum Gasteiger partial charge on any atom is 0.319 e. The van der Waals surface area contributed by atoms with E-state index in [4.69, 9.17) is 4.74 Å². The van der Waals surface area contributed by atoms with Gasteiger partial charge in [-0.3, -0.25) is 0 Å². The summed E-state index contributed by atoms with van der Waals surface area (Å²) in [5, 5.41) is 16.2. The van der Waals surface area contributed by atoms with Crippen molar-refractivity contribution >= 4 is 22.6 Å². The smallest absolute Gasteiger partial charge is 0.319 e. The minimum absolute atomic E-state index is 0.289. The summed E-state index contributed by atoms with van der Waals surface area (Å²) in [7, 11) is 1.62. The molecule has 1 aromatic heterocycles. The number of aryl methyl sites for hydroxylation is 1. The van der Waals surface area contributed by atoms with Crippen molar-refractivity contribution in [3.8, 4) is 23.1 Å². The van der Waals surface area contributed by atoms with Crippen molar-refractivity contribution in [1.82, 2.24) is 9.88 Å². The first-order valence-corrected chi connectivity index (χ1v) is 9.49. The average Bonchev–Trinajstić information content (AvgIpc) is 3.05.